The van der Waals surface area contributed by atoms with Gasteiger partial charge in [-0.05, 0) is 77.0 Å². The molecule has 0 aromatic rings. The number of phosphoric ester groups is 1. The van der Waals surface area contributed by atoms with Gasteiger partial charge in [-0.3, -0.25) is 18.6 Å². The smallest absolute Gasteiger partial charge is 0.472 e. The number of unbranched alkanes of at least 4 members (excludes halogenated alkanes) is 20. The lowest BCUT2D eigenvalue weighted by atomic mass is 10.1. The lowest BCUT2D eigenvalue weighted by Gasteiger charge is -2.20. The minimum atomic E-state index is -4.63. The molecule has 0 aliphatic carbocycles. The second kappa shape index (κ2) is 43.7. The number of ether oxygens (including phenoxy) is 2. The number of rotatable bonds is 44. The molecule has 0 saturated heterocycles. The SMILES string of the molecule is CC/C=C\C/C=C\C/C=C\C/C=C\CCCCC(=O)OC(COCCCCCCCCCCCC/C=C\CCCCCCCCCC)COP(=O)(O)OCC(N)C(=O)O. The van der Waals surface area contributed by atoms with Gasteiger partial charge in [0.05, 0.1) is 19.8 Å². The Morgan fingerprint density at radius 3 is 1.49 bits per heavy atom. The van der Waals surface area contributed by atoms with E-state index in [-0.39, 0.29) is 13.0 Å². The summed E-state index contributed by atoms with van der Waals surface area (Å²) in [5.74, 6) is -1.82. The fourth-order valence-corrected chi connectivity index (χ4v) is 6.96. The number of aliphatic carboxylic acids is 1. The van der Waals surface area contributed by atoms with Crippen molar-refractivity contribution in [2.45, 2.75) is 206 Å². The maximum absolute atomic E-state index is 12.6. The zero-order valence-corrected chi connectivity index (χ0v) is 38.2. The first-order valence-corrected chi connectivity index (χ1v) is 24.8. The number of hydrogen-bond acceptors (Lipinski definition) is 8. The molecule has 0 aliphatic heterocycles. The van der Waals surface area contributed by atoms with Crippen LogP contribution in [-0.4, -0.2) is 60.5 Å². The average molecular weight is 852 g/mol. The van der Waals surface area contributed by atoms with E-state index in [0.717, 1.165) is 57.8 Å². The minimum Gasteiger partial charge on any atom is -0.480 e. The van der Waals surface area contributed by atoms with Gasteiger partial charge in [-0.15, -0.1) is 0 Å². The Kier molecular flexibility index (Phi) is 42.0. The summed E-state index contributed by atoms with van der Waals surface area (Å²) in [6.45, 7) is 3.71. The molecule has 3 atom stereocenters. The summed E-state index contributed by atoms with van der Waals surface area (Å²) in [6, 6.07) is -1.48. The summed E-state index contributed by atoms with van der Waals surface area (Å²) in [6.07, 6.45) is 52.9. The van der Waals surface area contributed by atoms with Crippen molar-refractivity contribution in [2.75, 3.05) is 26.4 Å². The van der Waals surface area contributed by atoms with E-state index in [1.54, 1.807) is 0 Å². The van der Waals surface area contributed by atoms with Gasteiger partial charge < -0.3 is 25.2 Å². The van der Waals surface area contributed by atoms with Gasteiger partial charge in [-0.25, -0.2) is 4.57 Å². The number of esters is 1. The predicted octanol–water partition coefficient (Wildman–Crippen LogP) is 13.2. The Balaban J connectivity index is 4.21. The summed E-state index contributed by atoms with van der Waals surface area (Å²) in [5.41, 5.74) is 5.36. The third-order valence-electron chi connectivity index (χ3n) is 9.78. The Labute approximate surface area is 360 Å². The molecule has 0 fully saturated rings. The van der Waals surface area contributed by atoms with Crippen LogP contribution in [0.5, 0.6) is 0 Å². The fourth-order valence-electron chi connectivity index (χ4n) is 6.18. The van der Waals surface area contributed by atoms with Crippen LogP contribution in [0.15, 0.2) is 60.8 Å². The quantitative estimate of drug-likeness (QED) is 0.0233. The zero-order chi connectivity index (χ0) is 43.3. The van der Waals surface area contributed by atoms with Gasteiger partial charge in [-0.2, -0.15) is 0 Å². The Hall–Kier alpha value is -2.33. The number of phosphoric acid groups is 1. The predicted molar refractivity (Wildman–Crippen MR) is 244 cm³/mol. The lowest BCUT2D eigenvalue weighted by molar-refractivity contribution is -0.154. The highest BCUT2D eigenvalue weighted by molar-refractivity contribution is 7.47. The molecular weight excluding hydrogens is 766 g/mol. The van der Waals surface area contributed by atoms with Crippen molar-refractivity contribution in [1.82, 2.24) is 0 Å². The number of carbonyl (C=O) groups excluding carboxylic acids is 1. The third-order valence-corrected chi connectivity index (χ3v) is 10.7. The number of hydrogen-bond donors (Lipinski definition) is 3. The van der Waals surface area contributed by atoms with Crippen molar-refractivity contribution < 1.29 is 42.7 Å². The molecule has 59 heavy (non-hydrogen) atoms. The van der Waals surface area contributed by atoms with E-state index in [1.165, 1.54) is 109 Å². The molecule has 4 N–H and O–H groups in total. The number of carbonyl (C=O) groups is 2. The third kappa shape index (κ3) is 43.6. The van der Waals surface area contributed by atoms with Crippen LogP contribution in [0.1, 0.15) is 194 Å². The van der Waals surface area contributed by atoms with Crippen LogP contribution in [0.25, 0.3) is 0 Å². The van der Waals surface area contributed by atoms with Gasteiger partial charge in [0.25, 0.3) is 0 Å². The number of carboxylic acid groups (broad SMARTS) is 1. The van der Waals surface area contributed by atoms with Crippen LogP contribution in [-0.2, 0) is 32.7 Å². The van der Waals surface area contributed by atoms with E-state index in [9.17, 15) is 19.0 Å². The van der Waals surface area contributed by atoms with E-state index in [1.807, 2.05) is 0 Å². The first kappa shape index (κ1) is 56.7. The molecular formula is C48H86NO9P. The van der Waals surface area contributed by atoms with Crippen molar-refractivity contribution in [1.29, 1.82) is 0 Å². The zero-order valence-electron chi connectivity index (χ0n) is 37.3. The standard InChI is InChI=1S/C48H86NO9P/c1-3-5-7-9-11-13-15-17-19-20-21-22-23-24-25-27-29-31-33-35-37-39-41-55-42-45(43-56-59(53,54)57-44-46(49)48(51)52)58-47(50)40-38-36-34-32-30-28-26-18-16-14-12-10-8-6-4-2/h6,8,12,14,18,20-21,26,30,32,45-46H,3-5,7,9-11,13,15-17,19,22-25,27-29,31,33-44,49H2,1-2H3,(H,51,52)(H,53,54)/b8-6-,14-12-,21-20-,26-18-,32-30-. The van der Waals surface area contributed by atoms with Crippen molar-refractivity contribution >= 4 is 19.8 Å². The second-order valence-corrected chi connectivity index (χ2v) is 17.0. The molecule has 0 bridgehead atoms. The van der Waals surface area contributed by atoms with E-state index in [0.29, 0.717) is 13.0 Å². The number of nitrogens with two attached hydrogens (primary N) is 1. The largest absolute Gasteiger partial charge is 0.480 e. The normalized spacial score (nSPS) is 14.4. The summed E-state index contributed by atoms with van der Waals surface area (Å²) in [7, 11) is -4.63. The summed E-state index contributed by atoms with van der Waals surface area (Å²) in [5, 5.41) is 8.90. The minimum absolute atomic E-state index is 0.00260. The molecule has 0 aromatic heterocycles. The van der Waals surface area contributed by atoms with Crippen molar-refractivity contribution in [3.63, 3.8) is 0 Å². The van der Waals surface area contributed by atoms with Gasteiger partial charge in [0.1, 0.15) is 12.1 Å². The van der Waals surface area contributed by atoms with Gasteiger partial charge in [0.15, 0.2) is 0 Å². The molecule has 0 heterocycles. The van der Waals surface area contributed by atoms with Gasteiger partial charge >= 0.3 is 19.8 Å². The summed E-state index contributed by atoms with van der Waals surface area (Å²) >= 11 is 0. The van der Waals surface area contributed by atoms with Crippen molar-refractivity contribution in [2.24, 2.45) is 5.73 Å². The second-order valence-electron chi connectivity index (χ2n) is 15.5. The highest BCUT2D eigenvalue weighted by atomic mass is 31.2. The first-order valence-electron chi connectivity index (χ1n) is 23.3. The van der Waals surface area contributed by atoms with Crippen LogP contribution < -0.4 is 5.73 Å². The van der Waals surface area contributed by atoms with Gasteiger partial charge in [0, 0.05) is 13.0 Å². The summed E-state index contributed by atoms with van der Waals surface area (Å²) < 4.78 is 33.4. The van der Waals surface area contributed by atoms with Crippen LogP contribution in [0.3, 0.4) is 0 Å². The van der Waals surface area contributed by atoms with E-state index < -0.39 is 45.1 Å². The average Bonchev–Trinajstić information content (AvgIpc) is 3.21. The maximum atomic E-state index is 12.6. The molecule has 0 aromatic carbocycles. The molecule has 11 heteroatoms. The molecule has 0 saturated carbocycles. The van der Waals surface area contributed by atoms with E-state index >= 15 is 0 Å². The molecule has 0 spiro atoms. The highest BCUT2D eigenvalue weighted by Gasteiger charge is 2.27. The van der Waals surface area contributed by atoms with Crippen LogP contribution in [0, 0.1) is 0 Å². The van der Waals surface area contributed by atoms with Gasteiger partial charge in [0.2, 0.25) is 0 Å². The van der Waals surface area contributed by atoms with Crippen molar-refractivity contribution in [3.8, 4) is 0 Å². The van der Waals surface area contributed by atoms with Crippen LogP contribution in [0.4, 0.5) is 0 Å². The Bertz CT molecular complexity index is 1170. The number of carboxylic acids is 1. The first-order chi connectivity index (χ1) is 28.7. The topological polar surface area (TPSA) is 155 Å². The maximum Gasteiger partial charge on any atom is 0.472 e. The molecule has 10 nitrogen and oxygen atoms in total. The molecule has 3 unspecified atom stereocenters. The van der Waals surface area contributed by atoms with Crippen molar-refractivity contribution in [3.05, 3.63) is 60.8 Å². The van der Waals surface area contributed by atoms with E-state index in [4.69, 9.17) is 29.4 Å². The van der Waals surface area contributed by atoms with Crippen LogP contribution >= 0.6 is 7.82 Å². The van der Waals surface area contributed by atoms with Crippen LogP contribution in [0.2, 0.25) is 0 Å². The molecule has 0 rings (SSSR count). The summed E-state index contributed by atoms with van der Waals surface area (Å²) in [4.78, 5) is 33.5. The number of allylic oxidation sites excluding steroid dienone is 10. The Morgan fingerprint density at radius 2 is 0.983 bits per heavy atom. The van der Waals surface area contributed by atoms with Gasteiger partial charge in [-0.1, -0.05) is 171 Å². The molecule has 0 amide bonds. The Morgan fingerprint density at radius 1 is 0.559 bits per heavy atom. The molecule has 342 valence electrons. The highest BCUT2D eigenvalue weighted by Crippen LogP contribution is 2.43. The fraction of sp³-hybridized carbons (Fsp3) is 0.750. The monoisotopic (exact) mass is 852 g/mol. The molecule has 0 radical (unpaired) electrons. The molecule has 0 aliphatic rings. The van der Waals surface area contributed by atoms with E-state index in [2.05, 4.69) is 74.6 Å². The lowest BCUT2D eigenvalue weighted by Crippen LogP contribution is -2.34.